The van der Waals surface area contributed by atoms with Crippen molar-refractivity contribution in [3.63, 3.8) is 0 Å². The van der Waals surface area contributed by atoms with Gasteiger partial charge in [-0.1, -0.05) is 73.5 Å². The average molecular weight is 325 g/mol. The predicted octanol–water partition coefficient (Wildman–Crippen LogP) is 5.09. The fourth-order valence-electron chi connectivity index (χ4n) is 3.00. The van der Waals surface area contributed by atoms with E-state index in [2.05, 4.69) is 86.9 Å². The Morgan fingerprint density at radius 2 is 0.958 bits per heavy atom. The molecule has 2 unspecified atom stereocenters. The van der Waals surface area contributed by atoms with Crippen LogP contribution in [0.15, 0.2) is 48.5 Å². The smallest absolute Gasteiger partial charge is 0.0518 e. The van der Waals surface area contributed by atoms with E-state index >= 15 is 0 Å². The van der Waals surface area contributed by atoms with Crippen molar-refractivity contribution in [2.24, 2.45) is 0 Å². The summed E-state index contributed by atoms with van der Waals surface area (Å²) in [6.45, 7) is 10.8. The minimum absolute atomic E-state index is 0.278. The van der Waals surface area contributed by atoms with Crippen LogP contribution in [0.4, 0.5) is 0 Å². The van der Waals surface area contributed by atoms with Crippen molar-refractivity contribution in [1.29, 1.82) is 0 Å². The lowest BCUT2D eigenvalue weighted by molar-refractivity contribution is 0.385. The zero-order valence-corrected chi connectivity index (χ0v) is 15.6. The van der Waals surface area contributed by atoms with E-state index in [4.69, 9.17) is 0 Å². The molecule has 2 atom stereocenters. The van der Waals surface area contributed by atoms with Gasteiger partial charge in [-0.15, -0.1) is 0 Å². The van der Waals surface area contributed by atoms with Crippen LogP contribution >= 0.6 is 0 Å². The molecule has 2 aromatic rings. The van der Waals surface area contributed by atoms with Crippen molar-refractivity contribution >= 4 is 0 Å². The Morgan fingerprint density at radius 3 is 1.25 bits per heavy atom. The molecule has 0 heterocycles. The molecule has 2 rings (SSSR count). The normalized spacial score (nSPS) is 13.7. The first-order valence-electron chi connectivity index (χ1n) is 9.25. The largest absolute Gasteiger partial charge is 0.308 e. The molecule has 0 amide bonds. The van der Waals surface area contributed by atoms with Crippen molar-refractivity contribution in [1.82, 2.24) is 10.6 Å². The standard InChI is InChI=1S/C22H32N2/c1-5-15-23-21(19-11-7-17(3)8-12-19)22(24-16-6-2)20-13-9-18(4)10-14-20/h7-14,21-24H,5-6,15-16H2,1-4H3. The van der Waals surface area contributed by atoms with Crippen LogP contribution in [0.2, 0.25) is 0 Å². The fraction of sp³-hybridized carbons (Fsp3) is 0.455. The second-order valence-electron chi connectivity index (χ2n) is 6.68. The third kappa shape index (κ3) is 5.19. The molecule has 0 radical (unpaired) electrons. The summed E-state index contributed by atoms with van der Waals surface area (Å²) in [6, 6.07) is 18.4. The van der Waals surface area contributed by atoms with Crippen LogP contribution in [0.3, 0.4) is 0 Å². The Labute approximate surface area is 147 Å². The molecule has 0 aliphatic heterocycles. The summed E-state index contributed by atoms with van der Waals surface area (Å²) in [4.78, 5) is 0. The maximum atomic E-state index is 3.76. The molecule has 2 aromatic carbocycles. The second-order valence-corrected chi connectivity index (χ2v) is 6.68. The van der Waals surface area contributed by atoms with Gasteiger partial charge in [-0.25, -0.2) is 0 Å². The van der Waals surface area contributed by atoms with Crippen LogP contribution in [-0.2, 0) is 0 Å². The first kappa shape index (κ1) is 18.7. The molecule has 0 aliphatic rings. The number of hydrogen-bond donors (Lipinski definition) is 2. The minimum Gasteiger partial charge on any atom is -0.308 e. The summed E-state index contributed by atoms with van der Waals surface area (Å²) in [7, 11) is 0. The van der Waals surface area contributed by atoms with Gasteiger partial charge in [0.25, 0.3) is 0 Å². The van der Waals surface area contributed by atoms with E-state index in [1.54, 1.807) is 0 Å². The lowest BCUT2D eigenvalue weighted by Gasteiger charge is -2.30. The highest BCUT2D eigenvalue weighted by Crippen LogP contribution is 2.29. The predicted molar refractivity (Wildman–Crippen MR) is 104 cm³/mol. The molecule has 2 heteroatoms. The number of hydrogen-bond acceptors (Lipinski definition) is 2. The molecule has 24 heavy (non-hydrogen) atoms. The summed E-state index contributed by atoms with van der Waals surface area (Å²) in [5.41, 5.74) is 5.31. The van der Waals surface area contributed by atoms with Gasteiger partial charge in [-0.05, 0) is 50.9 Å². The number of aryl methyl sites for hydroxylation is 2. The van der Waals surface area contributed by atoms with Gasteiger partial charge in [0.15, 0.2) is 0 Å². The van der Waals surface area contributed by atoms with Crippen LogP contribution < -0.4 is 10.6 Å². The highest BCUT2D eigenvalue weighted by Gasteiger charge is 2.23. The molecular weight excluding hydrogens is 292 g/mol. The Bertz CT molecular complexity index is 531. The topological polar surface area (TPSA) is 24.1 Å². The fourth-order valence-corrected chi connectivity index (χ4v) is 3.00. The molecule has 2 nitrogen and oxygen atoms in total. The first-order valence-corrected chi connectivity index (χ1v) is 9.25. The molecule has 130 valence electrons. The van der Waals surface area contributed by atoms with E-state index in [0.717, 1.165) is 25.9 Å². The summed E-state index contributed by atoms with van der Waals surface area (Å²) >= 11 is 0. The van der Waals surface area contributed by atoms with E-state index in [0.29, 0.717) is 0 Å². The van der Waals surface area contributed by atoms with E-state index < -0.39 is 0 Å². The van der Waals surface area contributed by atoms with Gasteiger partial charge >= 0.3 is 0 Å². The minimum atomic E-state index is 0.278. The summed E-state index contributed by atoms with van der Waals surface area (Å²) in [6.07, 6.45) is 2.27. The van der Waals surface area contributed by atoms with Crippen molar-refractivity contribution in [3.05, 3.63) is 70.8 Å². The van der Waals surface area contributed by atoms with Gasteiger partial charge in [-0.3, -0.25) is 0 Å². The maximum absolute atomic E-state index is 3.76. The summed E-state index contributed by atoms with van der Waals surface area (Å²) < 4.78 is 0. The van der Waals surface area contributed by atoms with E-state index in [-0.39, 0.29) is 12.1 Å². The lowest BCUT2D eigenvalue weighted by Crippen LogP contribution is -2.36. The van der Waals surface area contributed by atoms with Gasteiger partial charge < -0.3 is 10.6 Å². The number of rotatable bonds is 9. The Kier molecular flexibility index (Phi) is 7.48. The van der Waals surface area contributed by atoms with E-state index in [9.17, 15) is 0 Å². The van der Waals surface area contributed by atoms with Crippen molar-refractivity contribution < 1.29 is 0 Å². The quantitative estimate of drug-likeness (QED) is 0.672. The SMILES string of the molecule is CCCNC(c1ccc(C)cc1)C(NCCC)c1ccc(C)cc1. The van der Waals surface area contributed by atoms with Crippen LogP contribution in [0.5, 0.6) is 0 Å². The molecule has 0 fully saturated rings. The van der Waals surface area contributed by atoms with Crippen molar-refractivity contribution in [3.8, 4) is 0 Å². The van der Waals surface area contributed by atoms with Gasteiger partial charge in [0.2, 0.25) is 0 Å². The van der Waals surface area contributed by atoms with Gasteiger partial charge in [0, 0.05) is 0 Å². The van der Waals surface area contributed by atoms with Crippen molar-refractivity contribution in [2.45, 2.75) is 52.6 Å². The monoisotopic (exact) mass is 324 g/mol. The molecule has 0 bridgehead atoms. The van der Waals surface area contributed by atoms with Gasteiger partial charge in [-0.2, -0.15) is 0 Å². The van der Waals surface area contributed by atoms with Crippen LogP contribution in [0.1, 0.15) is 61.0 Å². The zero-order valence-electron chi connectivity index (χ0n) is 15.6. The first-order chi connectivity index (χ1) is 11.7. The lowest BCUT2D eigenvalue weighted by atomic mass is 9.92. The summed E-state index contributed by atoms with van der Waals surface area (Å²) in [5, 5.41) is 7.53. The number of benzene rings is 2. The molecule has 0 aromatic heterocycles. The maximum Gasteiger partial charge on any atom is 0.0518 e. The highest BCUT2D eigenvalue weighted by atomic mass is 15.0. The van der Waals surface area contributed by atoms with E-state index in [1.165, 1.54) is 22.3 Å². The third-order valence-electron chi connectivity index (χ3n) is 4.43. The molecule has 2 N–H and O–H groups in total. The molecular formula is C22H32N2. The Hall–Kier alpha value is -1.64. The number of nitrogens with one attached hydrogen (secondary N) is 2. The molecule has 0 saturated heterocycles. The Balaban J connectivity index is 2.35. The molecule has 0 spiro atoms. The van der Waals surface area contributed by atoms with Crippen LogP contribution in [0, 0.1) is 13.8 Å². The van der Waals surface area contributed by atoms with Crippen LogP contribution in [-0.4, -0.2) is 13.1 Å². The highest BCUT2D eigenvalue weighted by molar-refractivity contribution is 5.31. The summed E-state index contributed by atoms with van der Waals surface area (Å²) in [5.74, 6) is 0. The Morgan fingerprint density at radius 1 is 0.625 bits per heavy atom. The van der Waals surface area contributed by atoms with Crippen molar-refractivity contribution in [2.75, 3.05) is 13.1 Å². The third-order valence-corrected chi connectivity index (χ3v) is 4.43. The second kappa shape index (κ2) is 9.61. The van der Waals surface area contributed by atoms with Crippen LogP contribution in [0.25, 0.3) is 0 Å². The molecule has 0 aliphatic carbocycles. The zero-order chi connectivity index (χ0) is 17.4. The van der Waals surface area contributed by atoms with E-state index in [1.807, 2.05) is 0 Å². The van der Waals surface area contributed by atoms with Gasteiger partial charge in [0.1, 0.15) is 0 Å². The molecule has 0 saturated carbocycles. The average Bonchev–Trinajstić information content (AvgIpc) is 2.60. The van der Waals surface area contributed by atoms with Gasteiger partial charge in [0.05, 0.1) is 12.1 Å².